The van der Waals surface area contributed by atoms with Gasteiger partial charge < -0.3 is 14.8 Å². The maximum absolute atomic E-state index is 11.9. The third-order valence-electron chi connectivity index (χ3n) is 4.33. The van der Waals surface area contributed by atoms with Crippen LogP contribution in [0.25, 0.3) is 0 Å². The van der Waals surface area contributed by atoms with Crippen molar-refractivity contribution in [1.82, 2.24) is 10.2 Å². The zero-order valence-corrected chi connectivity index (χ0v) is 12.0. The van der Waals surface area contributed by atoms with Gasteiger partial charge in [0.25, 0.3) is 0 Å². The van der Waals surface area contributed by atoms with Crippen LogP contribution in [0.4, 0.5) is 0 Å². The van der Waals surface area contributed by atoms with Gasteiger partial charge in [-0.2, -0.15) is 0 Å². The summed E-state index contributed by atoms with van der Waals surface area (Å²) in [6.07, 6.45) is 0.986. The second-order valence-electron chi connectivity index (χ2n) is 6.00. The van der Waals surface area contributed by atoms with E-state index >= 15 is 0 Å². The number of carboxylic acids is 1. The molecule has 1 aliphatic heterocycles. The molecule has 1 aliphatic carbocycles. The molecule has 6 heteroatoms. The van der Waals surface area contributed by atoms with E-state index in [0.717, 1.165) is 11.5 Å². The number of furan rings is 1. The van der Waals surface area contributed by atoms with Gasteiger partial charge >= 0.3 is 5.97 Å². The van der Waals surface area contributed by atoms with E-state index < -0.39 is 12.0 Å². The fourth-order valence-corrected chi connectivity index (χ4v) is 2.94. The van der Waals surface area contributed by atoms with Crippen LogP contribution in [0, 0.1) is 5.92 Å². The number of nitrogens with one attached hydrogen (secondary N) is 1. The molecule has 114 valence electrons. The molecule has 2 aliphatic rings. The first-order chi connectivity index (χ1) is 10.0. The second-order valence-corrected chi connectivity index (χ2v) is 6.00. The van der Waals surface area contributed by atoms with Gasteiger partial charge in [-0.05, 0) is 24.5 Å². The Bertz CT molecular complexity index is 554. The lowest BCUT2D eigenvalue weighted by molar-refractivity contribution is -0.143. The van der Waals surface area contributed by atoms with Crippen LogP contribution in [0.5, 0.6) is 0 Å². The molecular weight excluding hydrogens is 272 g/mol. The summed E-state index contributed by atoms with van der Waals surface area (Å²) in [6.45, 7) is 3.86. The van der Waals surface area contributed by atoms with Crippen LogP contribution in [0.3, 0.4) is 0 Å². The zero-order valence-electron chi connectivity index (χ0n) is 12.0. The van der Waals surface area contributed by atoms with Crippen LogP contribution in [0.15, 0.2) is 16.5 Å². The highest BCUT2D eigenvalue weighted by Gasteiger charge is 2.37. The van der Waals surface area contributed by atoms with E-state index in [9.17, 15) is 9.59 Å². The highest BCUT2D eigenvalue weighted by molar-refractivity contribution is 5.86. The maximum atomic E-state index is 11.9. The minimum absolute atomic E-state index is 0.181. The van der Waals surface area contributed by atoms with Gasteiger partial charge in [0.1, 0.15) is 17.6 Å². The number of rotatable bonds is 5. The molecular formula is C15H20N2O4. The van der Waals surface area contributed by atoms with Crippen molar-refractivity contribution in [2.45, 2.75) is 38.3 Å². The van der Waals surface area contributed by atoms with Crippen LogP contribution < -0.4 is 5.32 Å². The van der Waals surface area contributed by atoms with Crippen LogP contribution >= 0.6 is 0 Å². The van der Waals surface area contributed by atoms with E-state index in [-0.39, 0.29) is 12.3 Å². The number of hydrogen-bond acceptors (Lipinski definition) is 4. The summed E-state index contributed by atoms with van der Waals surface area (Å²) in [5.41, 5.74) is 0. The molecule has 6 nitrogen and oxygen atoms in total. The third kappa shape index (κ3) is 3.10. The van der Waals surface area contributed by atoms with Gasteiger partial charge in [-0.3, -0.25) is 14.5 Å². The Labute approximate surface area is 123 Å². The molecule has 1 saturated carbocycles. The summed E-state index contributed by atoms with van der Waals surface area (Å²) in [6, 6.07) is 3.31. The first-order valence-electron chi connectivity index (χ1n) is 7.36. The van der Waals surface area contributed by atoms with E-state index in [1.165, 1.54) is 6.42 Å². The van der Waals surface area contributed by atoms with E-state index in [1.807, 2.05) is 17.0 Å². The summed E-state index contributed by atoms with van der Waals surface area (Å²) in [5, 5.41) is 11.7. The number of carbonyl (C=O) groups excluding carboxylic acids is 1. The molecule has 1 saturated heterocycles. The number of carboxylic acid groups (broad SMARTS) is 1. The molecule has 1 aromatic heterocycles. The summed E-state index contributed by atoms with van der Waals surface area (Å²) >= 11 is 0. The molecule has 3 unspecified atom stereocenters. The highest BCUT2D eigenvalue weighted by atomic mass is 16.4. The van der Waals surface area contributed by atoms with Gasteiger partial charge in [-0.1, -0.05) is 6.92 Å². The van der Waals surface area contributed by atoms with Gasteiger partial charge in [0, 0.05) is 19.0 Å². The fraction of sp³-hybridized carbons (Fsp3) is 0.600. The predicted molar refractivity (Wildman–Crippen MR) is 74.7 cm³/mol. The van der Waals surface area contributed by atoms with E-state index in [0.29, 0.717) is 31.5 Å². The number of carbonyl (C=O) groups is 2. The molecule has 3 atom stereocenters. The van der Waals surface area contributed by atoms with Gasteiger partial charge in [-0.15, -0.1) is 0 Å². The molecule has 21 heavy (non-hydrogen) atoms. The molecule has 0 aromatic carbocycles. The summed E-state index contributed by atoms with van der Waals surface area (Å²) in [4.78, 5) is 24.6. The molecule has 3 rings (SSSR count). The van der Waals surface area contributed by atoms with Gasteiger partial charge in [-0.25, -0.2) is 0 Å². The van der Waals surface area contributed by atoms with Crippen LogP contribution in [-0.2, 0) is 16.1 Å². The fourth-order valence-electron chi connectivity index (χ4n) is 2.94. The molecule has 0 bridgehead atoms. The Hall–Kier alpha value is -1.82. The van der Waals surface area contributed by atoms with Crippen molar-refractivity contribution in [3.8, 4) is 0 Å². The Morgan fingerprint density at radius 1 is 1.52 bits per heavy atom. The number of aliphatic carboxylic acids is 1. The number of amides is 1. The number of piperazine rings is 1. The van der Waals surface area contributed by atoms with E-state index in [1.54, 1.807) is 0 Å². The van der Waals surface area contributed by atoms with Crippen molar-refractivity contribution < 1.29 is 19.1 Å². The first-order valence-corrected chi connectivity index (χ1v) is 7.36. The quantitative estimate of drug-likeness (QED) is 0.851. The van der Waals surface area contributed by atoms with E-state index in [2.05, 4.69) is 12.2 Å². The summed E-state index contributed by atoms with van der Waals surface area (Å²) in [7, 11) is 0. The van der Waals surface area contributed by atoms with Crippen molar-refractivity contribution in [2.24, 2.45) is 5.92 Å². The lowest BCUT2D eigenvalue weighted by atomic mass is 10.1. The van der Waals surface area contributed by atoms with Crippen LogP contribution in [-0.4, -0.2) is 41.0 Å². The normalized spacial score (nSPS) is 29.2. The lowest BCUT2D eigenvalue weighted by Crippen LogP contribution is -2.55. The highest BCUT2D eigenvalue weighted by Crippen LogP contribution is 2.47. The van der Waals surface area contributed by atoms with Crippen molar-refractivity contribution in [2.75, 3.05) is 13.1 Å². The molecule has 0 spiro atoms. The lowest BCUT2D eigenvalue weighted by Gasteiger charge is -2.33. The average molecular weight is 292 g/mol. The van der Waals surface area contributed by atoms with Crippen molar-refractivity contribution in [3.63, 3.8) is 0 Å². The predicted octanol–water partition coefficient (Wildman–Crippen LogP) is 1.18. The number of nitrogens with zero attached hydrogens (tertiary/aromatic N) is 1. The zero-order chi connectivity index (χ0) is 15.0. The molecule has 2 N–H and O–H groups in total. The topological polar surface area (TPSA) is 82.8 Å². The molecule has 2 heterocycles. The SMILES string of the molecule is CC1CC1c1ccc(CN2CCNC(=O)C2CC(=O)O)o1. The van der Waals surface area contributed by atoms with Crippen LogP contribution in [0.1, 0.15) is 37.2 Å². The Balaban J connectivity index is 1.67. The van der Waals surface area contributed by atoms with E-state index in [4.69, 9.17) is 9.52 Å². The molecule has 0 radical (unpaired) electrons. The monoisotopic (exact) mass is 292 g/mol. The smallest absolute Gasteiger partial charge is 0.305 e. The van der Waals surface area contributed by atoms with Gasteiger partial charge in [0.2, 0.25) is 5.91 Å². The molecule has 1 aromatic rings. The van der Waals surface area contributed by atoms with Gasteiger partial charge in [0.05, 0.1) is 13.0 Å². The summed E-state index contributed by atoms with van der Waals surface area (Å²) < 4.78 is 5.85. The number of hydrogen-bond donors (Lipinski definition) is 2. The van der Waals surface area contributed by atoms with Crippen molar-refractivity contribution in [1.29, 1.82) is 0 Å². The minimum atomic E-state index is -0.964. The van der Waals surface area contributed by atoms with Crippen molar-refractivity contribution >= 4 is 11.9 Å². The van der Waals surface area contributed by atoms with Crippen LogP contribution in [0.2, 0.25) is 0 Å². The minimum Gasteiger partial charge on any atom is -0.481 e. The summed E-state index contributed by atoms with van der Waals surface area (Å²) in [5.74, 6) is 1.84. The molecule has 2 fully saturated rings. The third-order valence-corrected chi connectivity index (χ3v) is 4.33. The molecule has 1 amide bonds. The Kier molecular flexibility index (Phi) is 3.71. The average Bonchev–Trinajstić information content (AvgIpc) is 2.97. The van der Waals surface area contributed by atoms with Crippen molar-refractivity contribution in [3.05, 3.63) is 23.7 Å². The largest absolute Gasteiger partial charge is 0.481 e. The second kappa shape index (κ2) is 5.52. The first kappa shape index (κ1) is 14.1. The Morgan fingerprint density at radius 3 is 2.95 bits per heavy atom. The maximum Gasteiger partial charge on any atom is 0.305 e. The van der Waals surface area contributed by atoms with Gasteiger partial charge in [0.15, 0.2) is 0 Å². The Morgan fingerprint density at radius 2 is 2.29 bits per heavy atom. The standard InChI is InChI=1S/C15H20N2O4/c1-9-6-11(9)13-3-2-10(21-13)8-17-5-4-16-15(20)12(17)7-14(18)19/h2-3,9,11-12H,4-8H2,1H3,(H,16,20)(H,18,19).